The van der Waals surface area contributed by atoms with Gasteiger partial charge in [-0.15, -0.1) is 0 Å². The van der Waals surface area contributed by atoms with E-state index in [4.69, 9.17) is 18.6 Å². The van der Waals surface area contributed by atoms with E-state index in [1.807, 2.05) is 18.2 Å². The van der Waals surface area contributed by atoms with Crippen molar-refractivity contribution >= 4 is 11.6 Å². The number of nitro groups is 1. The van der Waals surface area contributed by atoms with E-state index in [9.17, 15) is 14.9 Å². The zero-order chi connectivity index (χ0) is 24.4. The number of nitro benzene ring substituents is 1. The summed E-state index contributed by atoms with van der Waals surface area (Å²) in [5, 5.41) is 11.3. The van der Waals surface area contributed by atoms with Crippen LogP contribution in [0.3, 0.4) is 0 Å². The van der Waals surface area contributed by atoms with Crippen LogP contribution in [-0.2, 0) is 13.2 Å². The van der Waals surface area contributed by atoms with Crippen LogP contribution >= 0.6 is 0 Å². The van der Waals surface area contributed by atoms with Gasteiger partial charge < -0.3 is 23.5 Å². The van der Waals surface area contributed by atoms with E-state index in [0.29, 0.717) is 18.8 Å². The van der Waals surface area contributed by atoms with Gasteiger partial charge in [0.05, 0.1) is 4.92 Å². The molecule has 0 aliphatic carbocycles. The number of hydrogen-bond acceptors (Lipinski definition) is 8. The topological polar surface area (TPSA) is 108 Å². The molecule has 0 atom stereocenters. The molecule has 0 spiro atoms. The van der Waals surface area contributed by atoms with Crippen molar-refractivity contribution in [2.45, 2.75) is 20.1 Å². The Morgan fingerprint density at radius 3 is 2.63 bits per heavy atom. The molecule has 10 heteroatoms. The van der Waals surface area contributed by atoms with Gasteiger partial charge >= 0.3 is 5.69 Å². The molecule has 10 nitrogen and oxygen atoms in total. The summed E-state index contributed by atoms with van der Waals surface area (Å²) in [6.07, 6.45) is 0. The van der Waals surface area contributed by atoms with E-state index >= 15 is 0 Å². The molecule has 5 rings (SSSR count). The van der Waals surface area contributed by atoms with E-state index in [1.165, 1.54) is 6.07 Å². The molecule has 1 aromatic heterocycles. The zero-order valence-corrected chi connectivity index (χ0v) is 19.3. The smallest absolute Gasteiger partial charge is 0.311 e. The van der Waals surface area contributed by atoms with Crippen LogP contribution < -0.4 is 14.2 Å². The molecule has 1 saturated heterocycles. The van der Waals surface area contributed by atoms with E-state index < -0.39 is 4.92 Å². The summed E-state index contributed by atoms with van der Waals surface area (Å²) in [4.78, 5) is 27.8. The van der Waals surface area contributed by atoms with Gasteiger partial charge in [-0.1, -0.05) is 12.1 Å². The maximum Gasteiger partial charge on any atom is 0.311 e. The molecule has 3 heterocycles. The summed E-state index contributed by atoms with van der Waals surface area (Å²) in [7, 11) is 0. The second kappa shape index (κ2) is 9.67. The van der Waals surface area contributed by atoms with Crippen molar-refractivity contribution in [3.05, 3.63) is 81.3 Å². The number of piperazine rings is 1. The lowest BCUT2D eigenvalue weighted by Crippen LogP contribution is -2.48. The molecule has 1 amide bonds. The standard InChI is InChI=1S/C25H25N3O7/c1-17-2-5-21(20(12-17)28(30)31)32-15-19-4-7-23(35-19)25(29)27-10-8-26(9-11-27)14-18-3-6-22-24(13-18)34-16-33-22/h2-7,12-13H,8-11,14-16H2,1H3. The molecule has 0 N–H and O–H groups in total. The minimum absolute atomic E-state index is 0.0134. The molecule has 0 radical (unpaired) electrons. The lowest BCUT2D eigenvalue weighted by molar-refractivity contribution is -0.386. The first-order valence-corrected chi connectivity index (χ1v) is 11.3. The Kier molecular flexibility index (Phi) is 6.28. The highest BCUT2D eigenvalue weighted by Crippen LogP contribution is 2.33. The lowest BCUT2D eigenvalue weighted by atomic mass is 10.1. The Labute approximate surface area is 201 Å². The van der Waals surface area contributed by atoms with E-state index in [0.717, 1.165) is 42.3 Å². The number of carbonyl (C=O) groups excluding carboxylic acids is 1. The van der Waals surface area contributed by atoms with Crippen molar-refractivity contribution < 1.29 is 28.3 Å². The maximum atomic E-state index is 12.9. The summed E-state index contributed by atoms with van der Waals surface area (Å²) in [6.45, 7) is 5.45. The van der Waals surface area contributed by atoms with Gasteiger partial charge in [0.1, 0.15) is 12.4 Å². The number of hydrogen-bond donors (Lipinski definition) is 0. The van der Waals surface area contributed by atoms with Gasteiger partial charge in [-0.3, -0.25) is 19.8 Å². The van der Waals surface area contributed by atoms with Crippen molar-refractivity contribution in [1.82, 2.24) is 9.80 Å². The van der Waals surface area contributed by atoms with Crippen LogP contribution in [0.5, 0.6) is 17.2 Å². The largest absolute Gasteiger partial charge is 0.479 e. The number of carbonyl (C=O) groups is 1. The highest BCUT2D eigenvalue weighted by Gasteiger charge is 2.25. The SMILES string of the molecule is Cc1ccc(OCc2ccc(C(=O)N3CCN(Cc4ccc5c(c4)OCO5)CC3)o2)c([N+](=O)[O-])c1. The first kappa shape index (κ1) is 22.7. The first-order valence-electron chi connectivity index (χ1n) is 11.3. The number of aryl methyl sites for hydroxylation is 1. The Balaban J connectivity index is 1.14. The average Bonchev–Trinajstić information content (AvgIpc) is 3.52. The van der Waals surface area contributed by atoms with Crippen LogP contribution in [0.15, 0.2) is 52.9 Å². The normalized spacial score (nSPS) is 15.3. The number of furan rings is 1. The van der Waals surface area contributed by atoms with E-state index in [1.54, 1.807) is 36.1 Å². The Morgan fingerprint density at radius 1 is 1.03 bits per heavy atom. The second-order valence-corrected chi connectivity index (χ2v) is 8.54. The molecular weight excluding hydrogens is 454 g/mol. The van der Waals surface area contributed by atoms with E-state index in [2.05, 4.69) is 4.90 Å². The predicted molar refractivity (Wildman–Crippen MR) is 125 cm³/mol. The van der Waals surface area contributed by atoms with Crippen molar-refractivity contribution in [3.63, 3.8) is 0 Å². The van der Waals surface area contributed by atoms with Gasteiger partial charge in [0, 0.05) is 38.8 Å². The lowest BCUT2D eigenvalue weighted by Gasteiger charge is -2.34. The van der Waals surface area contributed by atoms with Gasteiger partial charge in [-0.05, 0) is 48.4 Å². The fourth-order valence-corrected chi connectivity index (χ4v) is 4.17. The monoisotopic (exact) mass is 479 g/mol. The molecule has 0 unspecified atom stereocenters. The Morgan fingerprint density at radius 2 is 1.83 bits per heavy atom. The number of nitrogens with zero attached hydrogens (tertiary/aromatic N) is 3. The number of amides is 1. The van der Waals surface area contributed by atoms with Gasteiger partial charge in [-0.2, -0.15) is 0 Å². The average molecular weight is 479 g/mol. The van der Waals surface area contributed by atoms with Gasteiger partial charge in [0.2, 0.25) is 6.79 Å². The number of benzene rings is 2. The second-order valence-electron chi connectivity index (χ2n) is 8.54. The van der Waals surface area contributed by atoms with Crippen molar-refractivity contribution in [2.24, 2.45) is 0 Å². The molecule has 2 aromatic carbocycles. The molecule has 2 aliphatic heterocycles. The van der Waals surface area contributed by atoms with E-state index in [-0.39, 0.29) is 36.5 Å². The number of ether oxygens (including phenoxy) is 3. The minimum atomic E-state index is -0.481. The van der Waals surface area contributed by atoms with Gasteiger partial charge in [0.25, 0.3) is 5.91 Å². The molecule has 0 saturated carbocycles. The third-order valence-corrected chi connectivity index (χ3v) is 6.06. The van der Waals surface area contributed by atoms with Gasteiger partial charge in [0.15, 0.2) is 23.0 Å². The van der Waals surface area contributed by atoms with Crippen LogP contribution in [0.2, 0.25) is 0 Å². The van der Waals surface area contributed by atoms with Gasteiger partial charge in [-0.25, -0.2) is 0 Å². The number of rotatable bonds is 7. The third-order valence-electron chi connectivity index (χ3n) is 6.06. The summed E-state index contributed by atoms with van der Waals surface area (Å²) in [5.74, 6) is 2.16. The minimum Gasteiger partial charge on any atom is -0.479 e. The Bertz CT molecular complexity index is 1250. The highest BCUT2D eigenvalue weighted by atomic mass is 16.7. The summed E-state index contributed by atoms with van der Waals surface area (Å²) in [6, 6.07) is 14.0. The number of fused-ring (bicyclic) bond motifs is 1. The fraction of sp³-hybridized carbons (Fsp3) is 0.320. The van der Waals surface area contributed by atoms with Crippen LogP contribution in [-0.4, -0.2) is 53.6 Å². The summed E-state index contributed by atoms with van der Waals surface area (Å²) < 4.78 is 22.1. The molecule has 2 aliphatic rings. The first-order chi connectivity index (χ1) is 17.0. The third kappa shape index (κ3) is 5.07. The highest BCUT2D eigenvalue weighted by molar-refractivity contribution is 5.91. The molecule has 1 fully saturated rings. The molecule has 182 valence electrons. The molecular formula is C25H25N3O7. The van der Waals surface area contributed by atoms with Crippen LogP contribution in [0.25, 0.3) is 0 Å². The van der Waals surface area contributed by atoms with Crippen molar-refractivity contribution in [2.75, 3.05) is 33.0 Å². The quantitative estimate of drug-likeness (QED) is 0.372. The van der Waals surface area contributed by atoms with Crippen molar-refractivity contribution in [1.29, 1.82) is 0 Å². The van der Waals surface area contributed by atoms with Crippen LogP contribution in [0.1, 0.15) is 27.4 Å². The molecule has 0 bridgehead atoms. The summed E-state index contributed by atoms with van der Waals surface area (Å²) >= 11 is 0. The maximum absolute atomic E-state index is 12.9. The van der Waals surface area contributed by atoms with Crippen LogP contribution in [0, 0.1) is 17.0 Å². The molecule has 3 aromatic rings. The summed E-state index contributed by atoms with van der Waals surface area (Å²) in [5.41, 5.74) is 1.80. The van der Waals surface area contributed by atoms with Crippen LogP contribution in [0.4, 0.5) is 5.69 Å². The fourth-order valence-electron chi connectivity index (χ4n) is 4.17. The zero-order valence-electron chi connectivity index (χ0n) is 19.3. The Hall–Kier alpha value is -4.05. The van der Waals surface area contributed by atoms with Crippen molar-refractivity contribution in [3.8, 4) is 17.2 Å². The molecule has 35 heavy (non-hydrogen) atoms. The predicted octanol–water partition coefficient (Wildman–Crippen LogP) is 3.76.